The van der Waals surface area contributed by atoms with Crippen molar-refractivity contribution in [3.8, 4) is 11.3 Å². The molecular formula is C14H16ClN2S+. The summed E-state index contributed by atoms with van der Waals surface area (Å²) in [5, 5.41) is 7.87. The molecule has 4 heteroatoms. The zero-order valence-electron chi connectivity index (χ0n) is 10.3. The standard InChI is InChI=1S/C14H15ClN2S/c1-2-17-13(10-3-5-11(15)6-4-10)9-18-14(17)16-12-7-8-12/h3-6,9,12H,2,7-8H2,1H3/p+1. The second-order valence-corrected chi connectivity index (χ2v) is 5.89. The zero-order chi connectivity index (χ0) is 12.5. The van der Waals surface area contributed by atoms with E-state index in [0.717, 1.165) is 11.6 Å². The number of halogens is 1. The number of nitrogens with zero attached hydrogens (tertiary/aromatic N) is 1. The maximum Gasteiger partial charge on any atom is 0.334 e. The maximum atomic E-state index is 5.94. The fraction of sp³-hybridized carbons (Fsp3) is 0.357. The third kappa shape index (κ3) is 2.38. The topological polar surface area (TPSA) is 15.9 Å². The quantitative estimate of drug-likeness (QED) is 0.838. The Hall–Kier alpha value is -1.06. The smallest absolute Gasteiger partial charge is 0.262 e. The van der Waals surface area contributed by atoms with Crippen LogP contribution in [0.1, 0.15) is 19.8 Å². The van der Waals surface area contributed by atoms with Crippen molar-refractivity contribution in [2.24, 2.45) is 0 Å². The van der Waals surface area contributed by atoms with Crippen LogP contribution >= 0.6 is 22.9 Å². The van der Waals surface area contributed by atoms with Gasteiger partial charge in [0.15, 0.2) is 0 Å². The van der Waals surface area contributed by atoms with Crippen LogP contribution in [0.2, 0.25) is 5.02 Å². The van der Waals surface area contributed by atoms with E-state index in [-0.39, 0.29) is 0 Å². The van der Waals surface area contributed by atoms with Crippen LogP contribution in [0.4, 0.5) is 5.13 Å². The number of rotatable bonds is 4. The minimum atomic E-state index is 0.694. The predicted octanol–water partition coefficient (Wildman–Crippen LogP) is 3.95. The van der Waals surface area contributed by atoms with Gasteiger partial charge in [0.25, 0.3) is 0 Å². The molecule has 1 aromatic carbocycles. The lowest BCUT2D eigenvalue weighted by Gasteiger charge is -2.03. The average molecular weight is 280 g/mol. The lowest BCUT2D eigenvalue weighted by molar-refractivity contribution is -0.664. The molecule has 0 spiro atoms. The number of hydrogen-bond donors (Lipinski definition) is 1. The van der Waals surface area contributed by atoms with Gasteiger partial charge in [0.05, 0.1) is 12.6 Å². The second-order valence-electron chi connectivity index (χ2n) is 4.60. The van der Waals surface area contributed by atoms with E-state index in [1.807, 2.05) is 12.1 Å². The monoisotopic (exact) mass is 279 g/mol. The summed E-state index contributed by atoms with van der Waals surface area (Å²) in [7, 11) is 0. The summed E-state index contributed by atoms with van der Waals surface area (Å²) >= 11 is 7.73. The van der Waals surface area contributed by atoms with Crippen LogP contribution in [0.15, 0.2) is 29.6 Å². The van der Waals surface area contributed by atoms with Crippen LogP contribution in [0.5, 0.6) is 0 Å². The number of hydrogen-bond acceptors (Lipinski definition) is 2. The van der Waals surface area contributed by atoms with Crippen LogP contribution in [0.3, 0.4) is 0 Å². The zero-order valence-corrected chi connectivity index (χ0v) is 11.9. The van der Waals surface area contributed by atoms with Gasteiger partial charge < -0.3 is 0 Å². The van der Waals surface area contributed by atoms with Crippen molar-refractivity contribution in [1.29, 1.82) is 0 Å². The molecule has 0 atom stereocenters. The molecule has 1 aromatic heterocycles. The second kappa shape index (κ2) is 4.90. The van der Waals surface area contributed by atoms with E-state index in [1.54, 1.807) is 11.3 Å². The summed E-state index contributed by atoms with van der Waals surface area (Å²) in [5.41, 5.74) is 2.49. The van der Waals surface area contributed by atoms with Gasteiger partial charge in [-0.05, 0) is 44.0 Å². The minimum absolute atomic E-state index is 0.694. The summed E-state index contributed by atoms with van der Waals surface area (Å²) in [4.78, 5) is 0. The molecule has 1 heterocycles. The molecule has 1 N–H and O–H groups in total. The molecule has 0 saturated heterocycles. The van der Waals surface area contributed by atoms with Crippen LogP contribution in [0.25, 0.3) is 11.3 Å². The van der Waals surface area contributed by atoms with Crippen molar-refractivity contribution in [2.75, 3.05) is 5.32 Å². The molecule has 1 saturated carbocycles. The van der Waals surface area contributed by atoms with E-state index in [9.17, 15) is 0 Å². The van der Waals surface area contributed by atoms with Gasteiger partial charge in [-0.2, -0.15) is 0 Å². The largest absolute Gasteiger partial charge is 0.334 e. The average Bonchev–Trinajstić information content (AvgIpc) is 3.09. The highest BCUT2D eigenvalue weighted by Crippen LogP contribution is 2.29. The van der Waals surface area contributed by atoms with Gasteiger partial charge in [-0.1, -0.05) is 22.9 Å². The van der Waals surface area contributed by atoms with Gasteiger partial charge in [0, 0.05) is 16.0 Å². The van der Waals surface area contributed by atoms with E-state index in [1.165, 1.54) is 29.2 Å². The van der Waals surface area contributed by atoms with E-state index in [4.69, 9.17) is 11.6 Å². The number of aromatic nitrogens is 1. The molecule has 1 fully saturated rings. The van der Waals surface area contributed by atoms with Crippen molar-refractivity contribution in [3.63, 3.8) is 0 Å². The van der Waals surface area contributed by atoms with Gasteiger partial charge in [-0.3, -0.25) is 5.32 Å². The van der Waals surface area contributed by atoms with Gasteiger partial charge in [0.2, 0.25) is 0 Å². The molecule has 0 unspecified atom stereocenters. The first-order chi connectivity index (χ1) is 8.78. The normalized spacial score (nSPS) is 14.8. The Morgan fingerprint density at radius 2 is 2.06 bits per heavy atom. The summed E-state index contributed by atoms with van der Waals surface area (Å²) in [5.74, 6) is 0. The third-order valence-electron chi connectivity index (χ3n) is 3.18. The highest BCUT2D eigenvalue weighted by molar-refractivity contribution is 7.13. The Morgan fingerprint density at radius 3 is 2.67 bits per heavy atom. The highest BCUT2D eigenvalue weighted by atomic mass is 35.5. The summed E-state index contributed by atoms with van der Waals surface area (Å²) < 4.78 is 2.34. The first-order valence-corrected chi connectivity index (χ1v) is 7.57. The Bertz CT molecular complexity index is 543. The van der Waals surface area contributed by atoms with Crippen molar-refractivity contribution in [1.82, 2.24) is 0 Å². The molecule has 0 radical (unpaired) electrons. The number of benzene rings is 1. The summed E-state index contributed by atoms with van der Waals surface area (Å²) in [6.45, 7) is 3.17. The molecule has 94 valence electrons. The molecule has 1 aliphatic carbocycles. The molecule has 0 amide bonds. The first-order valence-electron chi connectivity index (χ1n) is 6.31. The van der Waals surface area contributed by atoms with Gasteiger partial charge in [-0.15, -0.1) is 0 Å². The molecule has 0 aliphatic heterocycles. The van der Waals surface area contributed by atoms with Crippen molar-refractivity contribution in [3.05, 3.63) is 34.7 Å². The summed E-state index contributed by atoms with van der Waals surface area (Å²) in [6.07, 6.45) is 2.61. The fourth-order valence-corrected chi connectivity index (χ4v) is 3.22. The molecule has 2 aromatic rings. The molecule has 0 bridgehead atoms. The van der Waals surface area contributed by atoms with Crippen molar-refractivity contribution in [2.45, 2.75) is 32.4 Å². The van der Waals surface area contributed by atoms with Gasteiger partial charge in [0.1, 0.15) is 5.69 Å². The Kier molecular flexibility index (Phi) is 3.27. The third-order valence-corrected chi connectivity index (χ3v) is 4.33. The van der Waals surface area contributed by atoms with Gasteiger partial charge >= 0.3 is 5.13 Å². The van der Waals surface area contributed by atoms with Crippen LogP contribution in [-0.2, 0) is 6.54 Å². The highest BCUT2D eigenvalue weighted by Gasteiger charge is 2.29. The van der Waals surface area contributed by atoms with E-state index in [0.29, 0.717) is 6.04 Å². The number of anilines is 1. The van der Waals surface area contributed by atoms with E-state index in [2.05, 4.69) is 34.3 Å². The fourth-order valence-electron chi connectivity index (χ4n) is 2.02. The van der Waals surface area contributed by atoms with Crippen molar-refractivity contribution >= 4 is 28.1 Å². The van der Waals surface area contributed by atoms with Gasteiger partial charge in [-0.25, -0.2) is 4.57 Å². The van der Waals surface area contributed by atoms with Crippen LogP contribution < -0.4 is 9.88 Å². The van der Waals surface area contributed by atoms with Crippen LogP contribution in [-0.4, -0.2) is 6.04 Å². The summed E-state index contributed by atoms with van der Waals surface area (Å²) in [6, 6.07) is 8.75. The molecule has 2 nitrogen and oxygen atoms in total. The molecule has 1 aliphatic rings. The Labute approximate surface area is 116 Å². The molecular weight excluding hydrogens is 264 g/mol. The minimum Gasteiger partial charge on any atom is -0.262 e. The van der Waals surface area contributed by atoms with Crippen LogP contribution in [0, 0.1) is 0 Å². The number of nitrogens with one attached hydrogen (secondary N) is 1. The maximum absolute atomic E-state index is 5.94. The lowest BCUT2D eigenvalue weighted by atomic mass is 10.2. The lowest BCUT2D eigenvalue weighted by Crippen LogP contribution is -2.36. The first kappa shape index (κ1) is 12.0. The Morgan fingerprint density at radius 1 is 1.33 bits per heavy atom. The van der Waals surface area contributed by atoms with E-state index < -0.39 is 0 Å². The predicted molar refractivity (Wildman–Crippen MR) is 77.3 cm³/mol. The number of thiazole rings is 1. The SMILES string of the molecule is CC[n+]1c(-c2ccc(Cl)cc2)csc1NC1CC1. The Balaban J connectivity index is 1.95. The molecule has 18 heavy (non-hydrogen) atoms. The molecule has 3 rings (SSSR count). The van der Waals surface area contributed by atoms with Crippen molar-refractivity contribution < 1.29 is 4.57 Å². The van der Waals surface area contributed by atoms with E-state index >= 15 is 0 Å².